The van der Waals surface area contributed by atoms with Crippen LogP contribution in [0.15, 0.2) is 58.5 Å². The Labute approximate surface area is 179 Å². The van der Waals surface area contributed by atoms with E-state index in [1.807, 2.05) is 35.7 Å². The highest BCUT2D eigenvalue weighted by molar-refractivity contribution is 9.10. The molecule has 0 aliphatic carbocycles. The van der Waals surface area contributed by atoms with Crippen molar-refractivity contribution >= 4 is 54.8 Å². The van der Waals surface area contributed by atoms with Gasteiger partial charge in [0, 0.05) is 28.8 Å². The summed E-state index contributed by atoms with van der Waals surface area (Å²) in [5.41, 5.74) is 2.08. The van der Waals surface area contributed by atoms with Gasteiger partial charge in [-0.1, -0.05) is 15.9 Å². The van der Waals surface area contributed by atoms with Crippen LogP contribution < -0.4 is 15.4 Å². The number of pyridine rings is 1. The Kier molecular flexibility index (Phi) is 5.68. The molecule has 146 valence electrons. The fourth-order valence-corrected chi connectivity index (χ4v) is 3.78. The molecule has 1 aromatic carbocycles. The number of nitrogens with zero attached hydrogens (tertiary/aromatic N) is 3. The summed E-state index contributed by atoms with van der Waals surface area (Å²) in [5, 5.41) is 17.3. The zero-order chi connectivity index (χ0) is 20.2. The minimum absolute atomic E-state index is 0.240. The molecule has 0 spiro atoms. The largest absolute Gasteiger partial charge is 0.471 e. The maximum atomic E-state index is 11.7. The Hall–Kier alpha value is -3.04. The van der Waals surface area contributed by atoms with Gasteiger partial charge in [0.05, 0.1) is 0 Å². The van der Waals surface area contributed by atoms with E-state index < -0.39 is 0 Å². The molecule has 29 heavy (non-hydrogen) atoms. The Morgan fingerprint density at radius 2 is 2.00 bits per heavy atom. The van der Waals surface area contributed by atoms with Crippen LogP contribution in [0, 0.1) is 0 Å². The van der Waals surface area contributed by atoms with Crippen LogP contribution in [-0.4, -0.2) is 28.1 Å². The second-order valence-electron chi connectivity index (χ2n) is 6.07. The molecule has 1 amide bonds. The summed E-state index contributed by atoms with van der Waals surface area (Å²) in [5.74, 6) is 0.882. The smallest absolute Gasteiger partial charge is 0.269 e. The van der Waals surface area contributed by atoms with Crippen molar-refractivity contribution in [3.8, 4) is 5.88 Å². The number of anilines is 2. The zero-order valence-corrected chi connectivity index (χ0v) is 17.8. The van der Waals surface area contributed by atoms with Gasteiger partial charge in [-0.25, -0.2) is 0 Å². The number of nitrogens with one attached hydrogen (secondary N) is 2. The van der Waals surface area contributed by atoms with Gasteiger partial charge in [-0.3, -0.25) is 9.78 Å². The fourth-order valence-electron chi connectivity index (χ4n) is 2.68. The van der Waals surface area contributed by atoms with E-state index >= 15 is 0 Å². The lowest BCUT2D eigenvalue weighted by molar-refractivity contribution is 0.0958. The molecule has 0 unspecified atom stereocenters. The van der Waals surface area contributed by atoms with Crippen LogP contribution in [0.25, 0.3) is 10.1 Å². The number of ether oxygens (including phenoxy) is 1. The highest BCUT2D eigenvalue weighted by Crippen LogP contribution is 2.34. The van der Waals surface area contributed by atoms with Gasteiger partial charge in [-0.05, 0) is 53.4 Å². The van der Waals surface area contributed by atoms with Gasteiger partial charge in [-0.2, -0.15) is 0 Å². The number of hydrogen-bond donors (Lipinski definition) is 2. The molecule has 3 heterocycles. The van der Waals surface area contributed by atoms with Crippen molar-refractivity contribution in [2.24, 2.45) is 0 Å². The quantitative estimate of drug-likeness (QED) is 0.431. The van der Waals surface area contributed by atoms with Crippen LogP contribution in [0.2, 0.25) is 0 Å². The summed E-state index contributed by atoms with van der Waals surface area (Å²) in [6.07, 6.45) is 1.58. The lowest BCUT2D eigenvalue weighted by Crippen LogP contribution is -2.19. The van der Waals surface area contributed by atoms with Gasteiger partial charge in [0.25, 0.3) is 11.8 Å². The molecule has 3 aromatic heterocycles. The van der Waals surface area contributed by atoms with E-state index in [0.717, 1.165) is 25.8 Å². The fraction of sp³-hybridized carbons (Fsp3) is 0.100. The molecule has 0 bridgehead atoms. The number of hydrogen-bond acceptors (Lipinski definition) is 7. The molecule has 0 atom stereocenters. The summed E-state index contributed by atoms with van der Waals surface area (Å²) in [4.78, 5) is 15.8. The second-order valence-corrected chi connectivity index (χ2v) is 7.90. The SMILES string of the molecule is CNC(=O)c1cc(COc2nnc(Nc3ccc(Br)cc3)c3ccsc23)ccn1. The number of rotatable bonds is 6. The lowest BCUT2D eigenvalue weighted by Gasteiger charge is -2.10. The third-order valence-corrected chi connectivity index (χ3v) is 5.55. The first-order valence-electron chi connectivity index (χ1n) is 8.70. The number of amides is 1. The molecule has 4 rings (SSSR count). The van der Waals surface area contributed by atoms with Crippen molar-refractivity contribution in [2.45, 2.75) is 6.61 Å². The minimum atomic E-state index is -0.240. The highest BCUT2D eigenvalue weighted by atomic mass is 79.9. The first kappa shape index (κ1) is 19.3. The Morgan fingerprint density at radius 3 is 2.79 bits per heavy atom. The van der Waals surface area contributed by atoms with E-state index in [1.54, 1.807) is 25.4 Å². The maximum Gasteiger partial charge on any atom is 0.269 e. The highest BCUT2D eigenvalue weighted by Gasteiger charge is 2.13. The summed E-state index contributed by atoms with van der Waals surface area (Å²) in [6, 6.07) is 13.3. The topological polar surface area (TPSA) is 89.0 Å². The number of fused-ring (bicyclic) bond motifs is 1. The van der Waals surface area contributed by atoms with Gasteiger partial charge in [0.15, 0.2) is 5.82 Å². The van der Waals surface area contributed by atoms with Crippen LogP contribution in [0.1, 0.15) is 16.1 Å². The van der Waals surface area contributed by atoms with Crippen molar-refractivity contribution in [1.29, 1.82) is 0 Å². The van der Waals surface area contributed by atoms with E-state index in [-0.39, 0.29) is 12.5 Å². The van der Waals surface area contributed by atoms with Crippen molar-refractivity contribution in [3.63, 3.8) is 0 Å². The third-order valence-electron chi connectivity index (χ3n) is 4.12. The first-order chi connectivity index (χ1) is 14.1. The van der Waals surface area contributed by atoms with E-state index in [0.29, 0.717) is 17.4 Å². The van der Waals surface area contributed by atoms with Crippen molar-refractivity contribution in [2.75, 3.05) is 12.4 Å². The minimum Gasteiger partial charge on any atom is -0.471 e. The molecular weight excluding hydrogens is 454 g/mol. The molecule has 7 nitrogen and oxygen atoms in total. The Morgan fingerprint density at radius 1 is 1.17 bits per heavy atom. The number of aromatic nitrogens is 3. The Bertz CT molecular complexity index is 1160. The van der Waals surface area contributed by atoms with Gasteiger partial charge in [0.1, 0.15) is 17.0 Å². The molecule has 0 saturated heterocycles. The number of carbonyl (C=O) groups is 1. The molecule has 0 saturated carbocycles. The van der Waals surface area contributed by atoms with Crippen molar-refractivity contribution < 1.29 is 9.53 Å². The maximum absolute atomic E-state index is 11.7. The van der Waals surface area contributed by atoms with Crippen molar-refractivity contribution in [1.82, 2.24) is 20.5 Å². The molecule has 0 aliphatic heterocycles. The van der Waals surface area contributed by atoms with Gasteiger partial charge in [-0.15, -0.1) is 21.5 Å². The number of carbonyl (C=O) groups excluding carboxylic acids is 1. The van der Waals surface area contributed by atoms with E-state index in [1.165, 1.54) is 11.3 Å². The van der Waals surface area contributed by atoms with Crippen LogP contribution in [0.5, 0.6) is 5.88 Å². The summed E-state index contributed by atoms with van der Waals surface area (Å²) < 4.78 is 7.81. The zero-order valence-electron chi connectivity index (χ0n) is 15.3. The number of benzene rings is 1. The number of thiophene rings is 1. The molecular formula is C20H16BrN5O2S. The molecule has 0 fully saturated rings. The average Bonchev–Trinajstić information content (AvgIpc) is 3.25. The summed E-state index contributed by atoms with van der Waals surface area (Å²) in [6.45, 7) is 0.258. The summed E-state index contributed by atoms with van der Waals surface area (Å²) in [7, 11) is 1.57. The predicted octanol–water partition coefficient (Wildman–Crippen LogP) is 4.53. The molecule has 9 heteroatoms. The summed E-state index contributed by atoms with van der Waals surface area (Å²) >= 11 is 4.97. The second kappa shape index (κ2) is 8.54. The molecule has 0 radical (unpaired) electrons. The van der Waals surface area contributed by atoms with E-state index in [9.17, 15) is 4.79 Å². The van der Waals surface area contributed by atoms with Gasteiger partial charge < -0.3 is 15.4 Å². The van der Waals surface area contributed by atoms with E-state index in [2.05, 4.69) is 41.7 Å². The molecule has 0 aliphatic rings. The lowest BCUT2D eigenvalue weighted by atomic mass is 10.2. The average molecular weight is 470 g/mol. The van der Waals surface area contributed by atoms with Crippen molar-refractivity contribution in [3.05, 3.63) is 69.8 Å². The number of halogens is 1. The standard InChI is InChI=1S/C20H16BrN5O2S/c1-22-19(27)16-10-12(6-8-23-16)11-28-20-17-15(7-9-29-17)18(25-26-20)24-14-4-2-13(21)3-5-14/h2-10H,11H2,1H3,(H,22,27)(H,24,25). The van der Waals surface area contributed by atoms with Crippen LogP contribution in [0.3, 0.4) is 0 Å². The van der Waals surface area contributed by atoms with Crippen LogP contribution in [-0.2, 0) is 6.61 Å². The van der Waals surface area contributed by atoms with Gasteiger partial charge >= 0.3 is 0 Å². The van der Waals surface area contributed by atoms with Gasteiger partial charge in [0.2, 0.25) is 0 Å². The van der Waals surface area contributed by atoms with Crippen LogP contribution in [0.4, 0.5) is 11.5 Å². The van der Waals surface area contributed by atoms with Crippen LogP contribution >= 0.6 is 27.3 Å². The molecule has 4 aromatic rings. The predicted molar refractivity (Wildman–Crippen MR) is 117 cm³/mol. The Balaban J connectivity index is 1.54. The third kappa shape index (κ3) is 4.36. The first-order valence-corrected chi connectivity index (χ1v) is 10.4. The monoisotopic (exact) mass is 469 g/mol. The normalized spacial score (nSPS) is 10.7. The molecule has 2 N–H and O–H groups in total. The van der Waals surface area contributed by atoms with E-state index in [4.69, 9.17) is 4.74 Å².